The van der Waals surface area contributed by atoms with Crippen LogP contribution in [0, 0.1) is 0 Å². The summed E-state index contributed by atoms with van der Waals surface area (Å²) in [6.45, 7) is -0.120. The van der Waals surface area contributed by atoms with E-state index in [1.54, 1.807) is 12.3 Å². The number of carbonyl (C=O) groups excluding carboxylic acids is 1. The van der Waals surface area contributed by atoms with Gasteiger partial charge in [0, 0.05) is 17.6 Å². The van der Waals surface area contributed by atoms with E-state index in [4.69, 9.17) is 0 Å². The van der Waals surface area contributed by atoms with Crippen molar-refractivity contribution in [2.75, 3.05) is 5.32 Å². The van der Waals surface area contributed by atoms with Crippen molar-refractivity contribution in [2.24, 2.45) is 0 Å². The second-order valence-electron chi connectivity index (χ2n) is 6.47. The number of nitrogens with zero attached hydrogens (tertiary/aromatic N) is 4. The van der Waals surface area contributed by atoms with Crippen LogP contribution in [0.15, 0.2) is 40.6 Å². The van der Waals surface area contributed by atoms with Crippen LogP contribution in [0.5, 0.6) is 0 Å². The lowest BCUT2D eigenvalue weighted by molar-refractivity contribution is -0.117. The lowest BCUT2D eigenvalue weighted by atomic mass is 10.1. The third-order valence-corrected chi connectivity index (χ3v) is 5.25. The van der Waals surface area contributed by atoms with E-state index in [9.17, 15) is 9.59 Å². The summed E-state index contributed by atoms with van der Waals surface area (Å²) in [6, 6.07) is 7.21. The highest BCUT2D eigenvalue weighted by Crippen LogP contribution is 2.23. The summed E-state index contributed by atoms with van der Waals surface area (Å²) in [6.07, 6.45) is 6.75. The number of fused-ring (bicyclic) bond motifs is 1. The summed E-state index contributed by atoms with van der Waals surface area (Å²) in [5.74, 6) is -0.319. The lowest BCUT2D eigenvalue weighted by Crippen LogP contribution is -2.30. The van der Waals surface area contributed by atoms with Crippen LogP contribution >= 0.6 is 11.3 Å². The van der Waals surface area contributed by atoms with E-state index in [0.29, 0.717) is 10.8 Å². The zero-order valence-corrected chi connectivity index (χ0v) is 15.5. The Morgan fingerprint density at radius 3 is 2.93 bits per heavy atom. The molecule has 0 fully saturated rings. The van der Waals surface area contributed by atoms with Crippen molar-refractivity contribution in [1.82, 2.24) is 19.7 Å². The Kier molecular flexibility index (Phi) is 5.06. The molecule has 1 N–H and O–H groups in total. The number of aryl methyl sites for hydroxylation is 2. The maximum absolute atomic E-state index is 12.4. The topological polar surface area (TPSA) is 89.8 Å². The fraction of sp³-hybridized carbons (Fsp3) is 0.316. The van der Waals surface area contributed by atoms with Crippen molar-refractivity contribution in [1.29, 1.82) is 0 Å². The van der Waals surface area contributed by atoms with E-state index in [1.165, 1.54) is 16.0 Å². The van der Waals surface area contributed by atoms with Crippen LogP contribution in [0.1, 0.15) is 30.5 Å². The largest absolute Gasteiger partial charge is 0.300 e. The average molecular weight is 381 g/mol. The van der Waals surface area contributed by atoms with Crippen molar-refractivity contribution < 1.29 is 4.79 Å². The smallest absolute Gasteiger partial charge is 0.267 e. The molecule has 7 nitrogen and oxygen atoms in total. The summed E-state index contributed by atoms with van der Waals surface area (Å²) in [5, 5.41) is 9.48. The van der Waals surface area contributed by atoms with Gasteiger partial charge in [0.15, 0.2) is 5.13 Å². The van der Waals surface area contributed by atoms with Crippen LogP contribution in [0.3, 0.4) is 0 Å². The summed E-state index contributed by atoms with van der Waals surface area (Å²) in [7, 11) is 0. The summed E-state index contributed by atoms with van der Waals surface area (Å²) in [5.41, 5.74) is 3.17. The highest BCUT2D eigenvalue weighted by Gasteiger charge is 2.15. The molecule has 8 heteroatoms. The van der Waals surface area contributed by atoms with Crippen LogP contribution in [0.2, 0.25) is 0 Å². The number of carbonyl (C=O) groups is 1. The highest BCUT2D eigenvalue weighted by molar-refractivity contribution is 7.14. The van der Waals surface area contributed by atoms with Gasteiger partial charge in [0.05, 0.1) is 11.4 Å². The molecule has 27 heavy (non-hydrogen) atoms. The molecule has 3 aromatic heterocycles. The van der Waals surface area contributed by atoms with Gasteiger partial charge in [0.2, 0.25) is 5.91 Å². The molecule has 1 amide bonds. The van der Waals surface area contributed by atoms with Crippen LogP contribution < -0.4 is 10.9 Å². The monoisotopic (exact) mass is 381 g/mol. The number of hydrogen-bond donors (Lipinski definition) is 1. The Balaban J connectivity index is 1.46. The molecule has 0 saturated heterocycles. The molecular formula is C19H19N5O2S. The predicted molar refractivity (Wildman–Crippen MR) is 104 cm³/mol. The van der Waals surface area contributed by atoms with E-state index in [1.807, 2.05) is 23.6 Å². The molecule has 0 radical (unpaired) electrons. The predicted octanol–water partition coefficient (Wildman–Crippen LogP) is 2.67. The van der Waals surface area contributed by atoms with E-state index >= 15 is 0 Å². The number of thiazole rings is 1. The minimum atomic E-state index is -0.319. The second kappa shape index (κ2) is 7.79. The maximum Gasteiger partial charge on any atom is 0.267 e. The summed E-state index contributed by atoms with van der Waals surface area (Å²) in [4.78, 5) is 33.3. The first-order valence-electron chi connectivity index (χ1n) is 8.96. The first-order valence-corrected chi connectivity index (χ1v) is 9.84. The Morgan fingerprint density at radius 1 is 1.19 bits per heavy atom. The molecule has 1 aliphatic carbocycles. The molecule has 0 spiro atoms. The van der Waals surface area contributed by atoms with Gasteiger partial charge in [-0.3, -0.25) is 14.6 Å². The second-order valence-corrected chi connectivity index (χ2v) is 7.33. The summed E-state index contributed by atoms with van der Waals surface area (Å²) >= 11 is 1.32. The third-order valence-electron chi connectivity index (χ3n) is 4.50. The van der Waals surface area contributed by atoms with Crippen molar-refractivity contribution in [3.63, 3.8) is 0 Å². The molecule has 0 unspecified atom stereocenters. The van der Waals surface area contributed by atoms with Crippen LogP contribution in [-0.2, 0) is 24.2 Å². The number of nitrogens with one attached hydrogen (secondary N) is 1. The number of pyridine rings is 1. The number of aromatic nitrogens is 4. The quantitative estimate of drug-likeness (QED) is 0.702. The molecular weight excluding hydrogens is 362 g/mol. The Morgan fingerprint density at radius 2 is 2.07 bits per heavy atom. The first-order chi connectivity index (χ1) is 13.2. The van der Waals surface area contributed by atoms with Crippen molar-refractivity contribution in [3.05, 3.63) is 57.5 Å². The molecule has 138 valence electrons. The van der Waals surface area contributed by atoms with Gasteiger partial charge in [-0.25, -0.2) is 9.67 Å². The number of rotatable bonds is 4. The van der Waals surface area contributed by atoms with Gasteiger partial charge in [-0.1, -0.05) is 12.5 Å². The Hall–Kier alpha value is -2.87. The third kappa shape index (κ3) is 4.11. The van der Waals surface area contributed by atoms with E-state index < -0.39 is 0 Å². The molecule has 1 aliphatic rings. The van der Waals surface area contributed by atoms with Crippen LogP contribution in [0.25, 0.3) is 11.4 Å². The molecule has 4 rings (SSSR count). The number of hydrogen-bond acceptors (Lipinski definition) is 6. The molecule has 0 aliphatic heterocycles. The molecule has 0 atom stereocenters. The SMILES string of the molecule is O=C(Cn1nc2c(cc1=O)CCCCC2)Nc1nc(-c2ccccn2)cs1. The summed E-state index contributed by atoms with van der Waals surface area (Å²) < 4.78 is 1.24. The maximum atomic E-state index is 12.4. The normalized spacial score (nSPS) is 13.6. The van der Waals surface area contributed by atoms with Gasteiger partial charge in [-0.05, 0) is 43.4 Å². The zero-order valence-electron chi connectivity index (χ0n) is 14.7. The molecule has 0 bridgehead atoms. The van der Waals surface area contributed by atoms with E-state index in [0.717, 1.165) is 49.1 Å². The van der Waals surface area contributed by atoms with E-state index in [2.05, 4.69) is 20.4 Å². The van der Waals surface area contributed by atoms with Gasteiger partial charge in [-0.15, -0.1) is 11.3 Å². The Labute approximate surface area is 160 Å². The van der Waals surface area contributed by atoms with Gasteiger partial charge in [0.1, 0.15) is 12.2 Å². The molecule has 0 aromatic carbocycles. The number of anilines is 1. The van der Waals surface area contributed by atoms with Gasteiger partial charge in [-0.2, -0.15) is 5.10 Å². The minimum Gasteiger partial charge on any atom is -0.300 e. The fourth-order valence-electron chi connectivity index (χ4n) is 3.15. The average Bonchev–Trinajstić information content (AvgIpc) is 3.01. The highest BCUT2D eigenvalue weighted by atomic mass is 32.1. The standard InChI is InChI=1S/C19H19N5O2S/c25-17(22-19-21-16(12-27-19)15-8-4-5-9-20-15)11-24-18(26)10-13-6-2-1-3-7-14(13)23-24/h4-5,8-10,12H,1-3,6-7,11H2,(H,21,22,25). The van der Waals surface area contributed by atoms with Gasteiger partial charge >= 0.3 is 0 Å². The van der Waals surface area contributed by atoms with Gasteiger partial charge in [0.25, 0.3) is 5.56 Å². The number of amides is 1. The van der Waals surface area contributed by atoms with Crippen LogP contribution in [0.4, 0.5) is 5.13 Å². The molecule has 3 aromatic rings. The van der Waals surface area contributed by atoms with Gasteiger partial charge < -0.3 is 5.32 Å². The lowest BCUT2D eigenvalue weighted by Gasteiger charge is -2.09. The van der Waals surface area contributed by atoms with Crippen molar-refractivity contribution in [2.45, 2.75) is 38.6 Å². The van der Waals surface area contributed by atoms with E-state index in [-0.39, 0.29) is 18.0 Å². The minimum absolute atomic E-state index is 0.120. The van der Waals surface area contributed by atoms with Crippen LogP contribution in [-0.4, -0.2) is 25.7 Å². The van der Waals surface area contributed by atoms with Crippen molar-refractivity contribution >= 4 is 22.4 Å². The zero-order chi connectivity index (χ0) is 18.6. The molecule has 0 saturated carbocycles. The Bertz CT molecular complexity index is 1010. The fourth-order valence-corrected chi connectivity index (χ4v) is 3.87. The first kappa shape index (κ1) is 17.5. The molecule has 3 heterocycles. The van der Waals surface area contributed by atoms with Crippen molar-refractivity contribution in [3.8, 4) is 11.4 Å².